The Bertz CT molecular complexity index is 564. The van der Waals surface area contributed by atoms with Crippen LogP contribution in [0, 0.1) is 0 Å². The minimum atomic E-state index is -2.35. The van der Waals surface area contributed by atoms with E-state index in [2.05, 4.69) is 15.3 Å². The maximum absolute atomic E-state index is 12.6. The van der Waals surface area contributed by atoms with Crippen molar-refractivity contribution in [2.24, 2.45) is 0 Å². The summed E-state index contributed by atoms with van der Waals surface area (Å²) in [5, 5.41) is 2.79. The van der Waals surface area contributed by atoms with Gasteiger partial charge in [0.15, 0.2) is 0 Å². The Morgan fingerprint density at radius 2 is 2.04 bits per heavy atom. The van der Waals surface area contributed by atoms with E-state index in [-0.39, 0.29) is 18.6 Å². The third-order valence-corrected chi connectivity index (χ3v) is 4.60. The van der Waals surface area contributed by atoms with Crippen LogP contribution in [-0.4, -0.2) is 64.4 Å². The average molecular weight is 339 g/mol. The number of hydrogen-bond donors (Lipinski definition) is 1. The van der Waals surface area contributed by atoms with Gasteiger partial charge in [0.25, 0.3) is 6.43 Å². The highest BCUT2D eigenvalue weighted by Crippen LogP contribution is 2.37. The molecule has 1 atom stereocenters. The Hall–Kier alpha value is -1.83. The SMILES string of the molecule is CC[C@H]1CN(C(=O)Nc2cnc(C3CC3)nc2)CCN1CC(F)F. The lowest BCUT2D eigenvalue weighted by molar-refractivity contribution is 0.0306. The first-order chi connectivity index (χ1) is 11.6. The van der Waals surface area contributed by atoms with Crippen molar-refractivity contribution in [3.05, 3.63) is 18.2 Å². The van der Waals surface area contributed by atoms with E-state index in [1.54, 1.807) is 22.2 Å². The van der Waals surface area contributed by atoms with Crippen LogP contribution in [0.5, 0.6) is 0 Å². The molecule has 0 spiro atoms. The minimum Gasteiger partial charge on any atom is -0.322 e. The minimum absolute atomic E-state index is 0.0352. The van der Waals surface area contributed by atoms with E-state index < -0.39 is 6.43 Å². The average Bonchev–Trinajstić information content (AvgIpc) is 3.40. The van der Waals surface area contributed by atoms with E-state index in [1.807, 2.05) is 6.92 Å². The van der Waals surface area contributed by atoms with Crippen LogP contribution in [0.15, 0.2) is 12.4 Å². The predicted molar refractivity (Wildman–Crippen MR) is 86.3 cm³/mol. The van der Waals surface area contributed by atoms with Crippen molar-refractivity contribution in [1.82, 2.24) is 19.8 Å². The summed E-state index contributed by atoms with van der Waals surface area (Å²) in [6, 6.07) is -0.264. The summed E-state index contributed by atoms with van der Waals surface area (Å²) in [5.41, 5.74) is 0.562. The number of amides is 2. The van der Waals surface area contributed by atoms with E-state index in [1.165, 1.54) is 0 Å². The van der Waals surface area contributed by atoms with E-state index in [0.717, 1.165) is 25.1 Å². The van der Waals surface area contributed by atoms with Crippen molar-refractivity contribution in [3.8, 4) is 0 Å². The number of urea groups is 1. The zero-order chi connectivity index (χ0) is 17.1. The number of aromatic nitrogens is 2. The van der Waals surface area contributed by atoms with Gasteiger partial charge in [-0.05, 0) is 19.3 Å². The van der Waals surface area contributed by atoms with E-state index in [4.69, 9.17) is 0 Å². The first-order valence-electron chi connectivity index (χ1n) is 8.47. The number of nitrogens with zero attached hydrogens (tertiary/aromatic N) is 4. The molecule has 0 unspecified atom stereocenters. The fraction of sp³-hybridized carbons (Fsp3) is 0.688. The quantitative estimate of drug-likeness (QED) is 0.896. The standard InChI is InChI=1S/C16H23F2N5O/c1-2-13-9-23(6-5-22(13)10-14(17)18)16(24)21-12-7-19-15(20-8-12)11-3-4-11/h7-8,11,13-14H,2-6,9-10H2,1H3,(H,21,24)/t13-/m0/s1. The zero-order valence-corrected chi connectivity index (χ0v) is 13.8. The Balaban J connectivity index is 1.54. The van der Waals surface area contributed by atoms with E-state index in [0.29, 0.717) is 31.2 Å². The second-order valence-electron chi connectivity index (χ2n) is 6.43. The van der Waals surface area contributed by atoms with Gasteiger partial charge < -0.3 is 10.2 Å². The second kappa shape index (κ2) is 7.38. The van der Waals surface area contributed by atoms with Gasteiger partial charge >= 0.3 is 6.03 Å². The van der Waals surface area contributed by atoms with Gasteiger partial charge in [-0.2, -0.15) is 0 Å². The van der Waals surface area contributed by atoms with Gasteiger partial charge in [0.2, 0.25) is 0 Å². The number of carbonyl (C=O) groups excluding carboxylic acids is 1. The molecule has 24 heavy (non-hydrogen) atoms. The van der Waals surface area contributed by atoms with Gasteiger partial charge in [-0.25, -0.2) is 23.5 Å². The molecular formula is C16H23F2N5O. The van der Waals surface area contributed by atoms with Gasteiger partial charge in [-0.3, -0.25) is 4.90 Å². The summed E-state index contributed by atoms with van der Waals surface area (Å²) < 4.78 is 25.2. The molecule has 1 aliphatic heterocycles. The fourth-order valence-corrected chi connectivity index (χ4v) is 3.04. The largest absolute Gasteiger partial charge is 0.322 e. The molecule has 132 valence electrons. The molecule has 1 aliphatic carbocycles. The first kappa shape index (κ1) is 17.0. The Morgan fingerprint density at radius 1 is 1.33 bits per heavy atom. The molecule has 8 heteroatoms. The van der Waals surface area contributed by atoms with Crippen molar-refractivity contribution >= 4 is 11.7 Å². The Kier molecular flexibility index (Phi) is 5.23. The van der Waals surface area contributed by atoms with Gasteiger partial charge in [0.1, 0.15) is 5.82 Å². The predicted octanol–water partition coefficient (Wildman–Crippen LogP) is 2.55. The Morgan fingerprint density at radius 3 is 2.62 bits per heavy atom. The summed E-state index contributed by atoms with van der Waals surface area (Å²) in [5.74, 6) is 1.31. The third kappa shape index (κ3) is 4.17. The molecule has 1 aromatic heterocycles. The van der Waals surface area contributed by atoms with Gasteiger partial charge in [0.05, 0.1) is 24.6 Å². The number of halogens is 2. The zero-order valence-electron chi connectivity index (χ0n) is 13.8. The monoisotopic (exact) mass is 339 g/mol. The molecule has 2 fully saturated rings. The number of rotatable bonds is 5. The lowest BCUT2D eigenvalue weighted by Crippen LogP contribution is -2.56. The molecular weight excluding hydrogens is 316 g/mol. The fourth-order valence-electron chi connectivity index (χ4n) is 3.04. The highest BCUT2D eigenvalue weighted by molar-refractivity contribution is 5.89. The lowest BCUT2D eigenvalue weighted by atomic mass is 10.1. The highest BCUT2D eigenvalue weighted by atomic mass is 19.3. The van der Waals surface area contributed by atoms with Crippen LogP contribution in [-0.2, 0) is 0 Å². The van der Waals surface area contributed by atoms with Crippen molar-refractivity contribution in [2.75, 3.05) is 31.5 Å². The summed E-state index contributed by atoms with van der Waals surface area (Å²) in [6.45, 7) is 3.08. The molecule has 0 aromatic carbocycles. The maximum atomic E-state index is 12.6. The van der Waals surface area contributed by atoms with Crippen LogP contribution in [0.2, 0.25) is 0 Å². The van der Waals surface area contributed by atoms with Gasteiger partial charge in [-0.15, -0.1) is 0 Å². The molecule has 1 N–H and O–H groups in total. The molecule has 1 aromatic rings. The van der Waals surface area contributed by atoms with Crippen LogP contribution < -0.4 is 5.32 Å². The van der Waals surface area contributed by atoms with Crippen LogP contribution >= 0.6 is 0 Å². The van der Waals surface area contributed by atoms with Crippen molar-refractivity contribution in [2.45, 2.75) is 44.6 Å². The molecule has 2 aliphatic rings. The summed E-state index contributed by atoms with van der Waals surface area (Å²) >= 11 is 0. The molecule has 0 radical (unpaired) electrons. The molecule has 3 rings (SSSR count). The van der Waals surface area contributed by atoms with Crippen molar-refractivity contribution < 1.29 is 13.6 Å². The first-order valence-corrected chi connectivity index (χ1v) is 8.47. The molecule has 6 nitrogen and oxygen atoms in total. The smallest absolute Gasteiger partial charge is 0.322 e. The number of hydrogen-bond acceptors (Lipinski definition) is 4. The highest BCUT2D eigenvalue weighted by Gasteiger charge is 2.30. The van der Waals surface area contributed by atoms with Crippen LogP contribution in [0.1, 0.15) is 37.9 Å². The second-order valence-corrected chi connectivity index (χ2v) is 6.43. The van der Waals surface area contributed by atoms with E-state index in [9.17, 15) is 13.6 Å². The molecule has 0 bridgehead atoms. The summed E-state index contributed by atoms with van der Waals surface area (Å²) in [7, 11) is 0. The molecule has 1 saturated carbocycles. The van der Waals surface area contributed by atoms with Gasteiger partial charge in [-0.1, -0.05) is 6.92 Å². The number of carbonyl (C=O) groups is 1. The lowest BCUT2D eigenvalue weighted by Gasteiger charge is -2.40. The topological polar surface area (TPSA) is 61.4 Å². The van der Waals surface area contributed by atoms with Crippen LogP contribution in [0.4, 0.5) is 19.3 Å². The van der Waals surface area contributed by atoms with Gasteiger partial charge in [0, 0.05) is 31.6 Å². The Labute approximate surface area is 140 Å². The van der Waals surface area contributed by atoms with Crippen molar-refractivity contribution in [1.29, 1.82) is 0 Å². The molecule has 2 amide bonds. The summed E-state index contributed by atoms with van der Waals surface area (Å²) in [4.78, 5) is 24.4. The maximum Gasteiger partial charge on any atom is 0.322 e. The number of anilines is 1. The molecule has 1 saturated heterocycles. The van der Waals surface area contributed by atoms with Crippen LogP contribution in [0.25, 0.3) is 0 Å². The molecule has 2 heterocycles. The number of alkyl halides is 2. The normalized spacial score (nSPS) is 22.0. The third-order valence-electron chi connectivity index (χ3n) is 4.60. The number of piperazine rings is 1. The summed E-state index contributed by atoms with van der Waals surface area (Å²) in [6.07, 6.45) is 3.91. The van der Waals surface area contributed by atoms with E-state index >= 15 is 0 Å². The number of nitrogens with one attached hydrogen (secondary N) is 1. The van der Waals surface area contributed by atoms with Crippen LogP contribution in [0.3, 0.4) is 0 Å². The van der Waals surface area contributed by atoms with Crippen molar-refractivity contribution in [3.63, 3.8) is 0 Å².